The summed E-state index contributed by atoms with van der Waals surface area (Å²) in [6.07, 6.45) is 3.70. The number of nitrogens with one attached hydrogen (secondary N) is 1. The van der Waals surface area contributed by atoms with Gasteiger partial charge in [0.15, 0.2) is 4.77 Å². The van der Waals surface area contributed by atoms with E-state index < -0.39 is 0 Å². The lowest BCUT2D eigenvalue weighted by atomic mass is 10.3. The van der Waals surface area contributed by atoms with Crippen LogP contribution in [-0.2, 0) is 9.47 Å². The highest BCUT2D eigenvalue weighted by Gasteiger charge is 1.99. The Balaban J connectivity index is 1.80. The molecule has 0 aliphatic heterocycles. The maximum Gasteiger partial charge on any atom is 0.181 e. The monoisotopic (exact) mass is 294 g/mol. The Hall–Kier alpha value is -1.63. The molecule has 1 aromatic heterocycles. The molecular weight excluding hydrogens is 276 g/mol. The van der Waals surface area contributed by atoms with E-state index in [9.17, 15) is 0 Å². The van der Waals surface area contributed by atoms with Crippen molar-refractivity contribution in [2.45, 2.75) is 0 Å². The van der Waals surface area contributed by atoms with Gasteiger partial charge in [0.25, 0.3) is 0 Å². The highest BCUT2D eigenvalue weighted by molar-refractivity contribution is 7.71. The summed E-state index contributed by atoms with van der Waals surface area (Å²) in [6.45, 7) is 2.26. The van der Waals surface area contributed by atoms with Crippen LogP contribution in [0.2, 0.25) is 0 Å². The summed E-state index contributed by atoms with van der Waals surface area (Å²) in [4.78, 5) is 2.96. The van der Waals surface area contributed by atoms with E-state index in [2.05, 4.69) is 4.98 Å². The number of ether oxygens (including phenoxy) is 3. The summed E-state index contributed by atoms with van der Waals surface area (Å²) in [6, 6.07) is 7.76. The zero-order valence-corrected chi connectivity index (χ0v) is 12.2. The van der Waals surface area contributed by atoms with Crippen molar-refractivity contribution in [3.63, 3.8) is 0 Å². The minimum atomic E-state index is 0.520. The molecule has 0 fully saturated rings. The Kier molecular flexibility index (Phi) is 5.79. The fourth-order valence-electron chi connectivity index (χ4n) is 1.69. The molecule has 0 saturated carbocycles. The van der Waals surface area contributed by atoms with Crippen molar-refractivity contribution >= 4 is 12.2 Å². The average molecular weight is 294 g/mol. The molecule has 0 spiro atoms. The summed E-state index contributed by atoms with van der Waals surface area (Å²) >= 11 is 5.17. The second-order valence-electron chi connectivity index (χ2n) is 4.08. The topological polar surface area (TPSA) is 48.4 Å². The second-order valence-corrected chi connectivity index (χ2v) is 4.47. The normalized spacial score (nSPS) is 10.7. The summed E-state index contributed by atoms with van der Waals surface area (Å²) in [5.74, 6) is 0.811. The number of benzene rings is 1. The molecule has 0 atom stereocenters. The fraction of sp³-hybridized carbons (Fsp3) is 0.357. The van der Waals surface area contributed by atoms with Crippen molar-refractivity contribution in [3.05, 3.63) is 41.4 Å². The standard InChI is InChI=1S/C14H18N2O3S/c1-17-8-9-18-10-11-19-13-4-2-12(3-5-13)16-7-6-15-14(16)20/h2-7H,8-11H2,1H3,(H,15,20). The Bertz CT molecular complexity index is 562. The fourth-order valence-corrected chi connectivity index (χ4v) is 1.92. The molecule has 0 radical (unpaired) electrons. The van der Waals surface area contributed by atoms with Gasteiger partial charge in [-0.15, -0.1) is 0 Å². The van der Waals surface area contributed by atoms with Crippen molar-refractivity contribution in [3.8, 4) is 11.4 Å². The molecule has 108 valence electrons. The number of nitrogens with zero attached hydrogens (tertiary/aromatic N) is 1. The molecule has 5 nitrogen and oxygen atoms in total. The van der Waals surface area contributed by atoms with E-state index in [1.165, 1.54) is 0 Å². The Morgan fingerprint density at radius 2 is 1.85 bits per heavy atom. The van der Waals surface area contributed by atoms with Gasteiger partial charge in [0.1, 0.15) is 12.4 Å². The van der Waals surface area contributed by atoms with Gasteiger partial charge in [-0.05, 0) is 36.5 Å². The van der Waals surface area contributed by atoms with Crippen LogP contribution in [0.1, 0.15) is 0 Å². The quantitative estimate of drug-likeness (QED) is 0.600. The highest BCUT2D eigenvalue weighted by Crippen LogP contribution is 2.15. The van der Waals surface area contributed by atoms with Gasteiger partial charge in [0.05, 0.1) is 19.8 Å². The van der Waals surface area contributed by atoms with Gasteiger partial charge in [-0.1, -0.05) is 0 Å². The van der Waals surface area contributed by atoms with Gasteiger partial charge < -0.3 is 19.2 Å². The molecule has 1 heterocycles. The van der Waals surface area contributed by atoms with E-state index >= 15 is 0 Å². The van der Waals surface area contributed by atoms with Crippen molar-refractivity contribution < 1.29 is 14.2 Å². The minimum Gasteiger partial charge on any atom is -0.491 e. The van der Waals surface area contributed by atoms with Crippen molar-refractivity contribution in [1.29, 1.82) is 0 Å². The molecule has 0 unspecified atom stereocenters. The van der Waals surface area contributed by atoms with Gasteiger partial charge in [-0.3, -0.25) is 4.57 Å². The van der Waals surface area contributed by atoms with E-state index in [0.29, 0.717) is 31.2 Å². The van der Waals surface area contributed by atoms with Gasteiger partial charge in [0.2, 0.25) is 0 Å². The van der Waals surface area contributed by atoms with Crippen LogP contribution in [0.15, 0.2) is 36.7 Å². The Morgan fingerprint density at radius 3 is 2.50 bits per heavy atom. The first-order chi connectivity index (χ1) is 9.81. The maximum atomic E-state index is 5.58. The first-order valence-corrected chi connectivity index (χ1v) is 6.78. The maximum absolute atomic E-state index is 5.58. The lowest BCUT2D eigenvalue weighted by Gasteiger charge is -2.08. The highest BCUT2D eigenvalue weighted by atomic mass is 32.1. The third kappa shape index (κ3) is 4.19. The third-order valence-corrected chi connectivity index (χ3v) is 3.01. The molecular formula is C14H18N2O3S. The Labute approximate surface area is 123 Å². The zero-order chi connectivity index (χ0) is 14.2. The first-order valence-electron chi connectivity index (χ1n) is 6.37. The molecule has 0 saturated heterocycles. The number of hydrogen-bond acceptors (Lipinski definition) is 4. The molecule has 2 rings (SSSR count). The minimum absolute atomic E-state index is 0.520. The number of aromatic nitrogens is 2. The smallest absolute Gasteiger partial charge is 0.181 e. The van der Waals surface area contributed by atoms with Crippen LogP contribution < -0.4 is 4.74 Å². The van der Waals surface area contributed by atoms with E-state index in [4.69, 9.17) is 26.4 Å². The Morgan fingerprint density at radius 1 is 1.10 bits per heavy atom. The SMILES string of the molecule is COCCOCCOc1ccc(-n2cc[nH]c2=S)cc1. The zero-order valence-electron chi connectivity index (χ0n) is 11.4. The van der Waals surface area contributed by atoms with Crippen molar-refractivity contribution in [1.82, 2.24) is 9.55 Å². The average Bonchev–Trinajstić information content (AvgIpc) is 2.90. The molecule has 0 amide bonds. The number of H-pyrrole nitrogens is 1. The van der Waals surface area contributed by atoms with Crippen LogP contribution in [0.25, 0.3) is 5.69 Å². The van der Waals surface area contributed by atoms with Crippen LogP contribution in [0.3, 0.4) is 0 Å². The summed E-state index contributed by atoms with van der Waals surface area (Å²) in [5, 5.41) is 0. The number of hydrogen-bond donors (Lipinski definition) is 1. The molecule has 0 aliphatic carbocycles. The van der Waals surface area contributed by atoms with Crippen LogP contribution in [0, 0.1) is 4.77 Å². The predicted octanol–water partition coefficient (Wildman–Crippen LogP) is 2.58. The van der Waals surface area contributed by atoms with Crippen LogP contribution in [0.5, 0.6) is 5.75 Å². The number of methoxy groups -OCH3 is 1. The van der Waals surface area contributed by atoms with E-state index in [0.717, 1.165) is 11.4 Å². The second kappa shape index (κ2) is 7.84. The van der Waals surface area contributed by atoms with Crippen LogP contribution >= 0.6 is 12.2 Å². The van der Waals surface area contributed by atoms with Gasteiger partial charge in [-0.2, -0.15) is 0 Å². The van der Waals surface area contributed by atoms with Crippen LogP contribution in [-0.4, -0.2) is 43.1 Å². The van der Waals surface area contributed by atoms with E-state index in [1.807, 2.05) is 41.2 Å². The summed E-state index contributed by atoms with van der Waals surface area (Å²) in [5.41, 5.74) is 1.000. The lowest BCUT2D eigenvalue weighted by molar-refractivity contribution is 0.0544. The molecule has 1 aromatic carbocycles. The van der Waals surface area contributed by atoms with E-state index in [1.54, 1.807) is 7.11 Å². The molecule has 0 aliphatic rings. The number of rotatable bonds is 8. The largest absolute Gasteiger partial charge is 0.491 e. The molecule has 2 aromatic rings. The van der Waals surface area contributed by atoms with Crippen molar-refractivity contribution in [2.75, 3.05) is 33.5 Å². The van der Waals surface area contributed by atoms with Crippen molar-refractivity contribution in [2.24, 2.45) is 0 Å². The van der Waals surface area contributed by atoms with E-state index in [-0.39, 0.29) is 0 Å². The summed E-state index contributed by atoms with van der Waals surface area (Å²) in [7, 11) is 1.65. The molecule has 20 heavy (non-hydrogen) atoms. The van der Waals surface area contributed by atoms with Gasteiger partial charge in [0, 0.05) is 25.2 Å². The lowest BCUT2D eigenvalue weighted by Crippen LogP contribution is -2.10. The predicted molar refractivity (Wildman–Crippen MR) is 79.1 cm³/mol. The molecule has 0 bridgehead atoms. The van der Waals surface area contributed by atoms with Crippen LogP contribution in [0.4, 0.5) is 0 Å². The number of imidazole rings is 1. The third-order valence-electron chi connectivity index (χ3n) is 2.69. The molecule has 6 heteroatoms. The van der Waals surface area contributed by atoms with Gasteiger partial charge in [-0.25, -0.2) is 0 Å². The summed E-state index contributed by atoms with van der Waals surface area (Å²) < 4.78 is 18.4. The van der Waals surface area contributed by atoms with Gasteiger partial charge >= 0.3 is 0 Å². The molecule has 1 N–H and O–H groups in total. The number of aromatic amines is 1. The first kappa shape index (κ1) is 14.8.